The number of nitrogens with one attached hydrogen (secondary N) is 1. The number of nitrogens with zero attached hydrogens (tertiary/aromatic N) is 3. The fourth-order valence-electron chi connectivity index (χ4n) is 4.90. The van der Waals surface area contributed by atoms with Crippen LogP contribution in [0.1, 0.15) is 40.3 Å². The highest BCUT2D eigenvalue weighted by Gasteiger charge is 2.43. The smallest absolute Gasteiger partial charge is 0.174 e. The number of methoxy groups -OCH3 is 1. The Balaban J connectivity index is 1.64. The Labute approximate surface area is 206 Å². The number of hydrogen-bond acceptors (Lipinski definition) is 3. The summed E-state index contributed by atoms with van der Waals surface area (Å²) in [6.07, 6.45) is 1.83. The first-order valence-electron chi connectivity index (χ1n) is 11.4. The molecule has 0 bridgehead atoms. The second-order valence-corrected chi connectivity index (χ2v) is 8.95. The summed E-state index contributed by atoms with van der Waals surface area (Å²) < 4.78 is 8.10. The standard InChI is InChI=1S/C28H28N4OS/c1-19-17-22(20(2)31(19)18-21-11-5-4-6-12-21)27-26(23-13-9-10-16-29-23)30-28(34)32(27)24-14-7-8-15-25(24)33-3/h4-17,26-27H,18H2,1-3H3,(H,30,34). The molecular weight excluding hydrogens is 440 g/mol. The van der Waals surface area contributed by atoms with Gasteiger partial charge in [-0.15, -0.1) is 0 Å². The molecule has 4 aromatic rings. The molecule has 1 N–H and O–H groups in total. The molecule has 172 valence electrons. The van der Waals surface area contributed by atoms with Gasteiger partial charge >= 0.3 is 0 Å². The highest BCUT2D eigenvalue weighted by molar-refractivity contribution is 7.80. The lowest BCUT2D eigenvalue weighted by atomic mass is 9.96. The van der Waals surface area contributed by atoms with Crippen LogP contribution in [0.25, 0.3) is 0 Å². The Morgan fingerprint density at radius 1 is 0.971 bits per heavy atom. The zero-order chi connectivity index (χ0) is 23.7. The molecule has 1 saturated heterocycles. The summed E-state index contributed by atoms with van der Waals surface area (Å²) in [4.78, 5) is 6.86. The van der Waals surface area contributed by atoms with E-state index in [4.69, 9.17) is 17.0 Å². The van der Waals surface area contributed by atoms with Gasteiger partial charge in [-0.1, -0.05) is 48.5 Å². The van der Waals surface area contributed by atoms with Gasteiger partial charge in [-0.25, -0.2) is 0 Å². The second-order valence-electron chi connectivity index (χ2n) is 8.57. The van der Waals surface area contributed by atoms with Crippen LogP contribution in [0.3, 0.4) is 0 Å². The molecule has 5 nitrogen and oxygen atoms in total. The zero-order valence-corrected chi connectivity index (χ0v) is 20.4. The number of pyridine rings is 1. The topological polar surface area (TPSA) is 42.3 Å². The molecule has 0 radical (unpaired) electrons. The van der Waals surface area contributed by atoms with E-state index in [1.807, 2.05) is 36.5 Å². The molecule has 34 heavy (non-hydrogen) atoms. The minimum absolute atomic E-state index is 0.0746. The van der Waals surface area contributed by atoms with E-state index >= 15 is 0 Å². The summed E-state index contributed by atoms with van der Waals surface area (Å²) in [5.41, 5.74) is 6.84. The van der Waals surface area contributed by atoms with Gasteiger partial charge in [-0.2, -0.15) is 0 Å². The fourth-order valence-corrected chi connectivity index (χ4v) is 5.23. The van der Waals surface area contributed by atoms with E-state index in [0.717, 1.165) is 23.7 Å². The average Bonchev–Trinajstić information content (AvgIpc) is 3.36. The maximum atomic E-state index is 5.90. The lowest BCUT2D eigenvalue weighted by molar-refractivity contribution is 0.414. The molecule has 3 heterocycles. The van der Waals surface area contributed by atoms with Gasteiger partial charge in [0.1, 0.15) is 5.75 Å². The quantitative estimate of drug-likeness (QED) is 0.366. The monoisotopic (exact) mass is 468 g/mol. The maximum absolute atomic E-state index is 5.90. The Morgan fingerprint density at radius 3 is 2.44 bits per heavy atom. The molecule has 0 spiro atoms. The van der Waals surface area contributed by atoms with Crippen LogP contribution in [-0.4, -0.2) is 21.8 Å². The van der Waals surface area contributed by atoms with Gasteiger partial charge in [0.15, 0.2) is 5.11 Å². The molecule has 1 aliphatic heterocycles. The first-order valence-corrected chi connectivity index (χ1v) is 11.8. The van der Waals surface area contributed by atoms with Crippen LogP contribution >= 0.6 is 12.2 Å². The highest BCUT2D eigenvalue weighted by Crippen LogP contribution is 2.45. The molecule has 0 saturated carbocycles. The van der Waals surface area contributed by atoms with Gasteiger partial charge in [0.25, 0.3) is 0 Å². The zero-order valence-electron chi connectivity index (χ0n) is 19.6. The normalized spacial score (nSPS) is 17.6. The summed E-state index contributed by atoms with van der Waals surface area (Å²) in [6.45, 7) is 5.19. The molecule has 2 unspecified atom stereocenters. The van der Waals surface area contributed by atoms with Crippen LogP contribution in [0, 0.1) is 13.8 Å². The molecule has 6 heteroatoms. The van der Waals surface area contributed by atoms with E-state index in [1.54, 1.807) is 7.11 Å². The molecule has 0 amide bonds. The van der Waals surface area contributed by atoms with E-state index in [1.165, 1.54) is 22.5 Å². The fraction of sp³-hybridized carbons (Fsp3) is 0.214. The summed E-state index contributed by atoms with van der Waals surface area (Å²) in [6, 6.07) is 26.7. The number of thiocarbonyl (C=S) groups is 1. The van der Waals surface area contributed by atoms with Gasteiger partial charge in [0, 0.05) is 24.1 Å². The van der Waals surface area contributed by atoms with Gasteiger partial charge in [0.2, 0.25) is 0 Å². The van der Waals surface area contributed by atoms with Crippen LogP contribution in [0.4, 0.5) is 5.69 Å². The molecule has 2 aromatic heterocycles. The van der Waals surface area contributed by atoms with Crippen molar-refractivity contribution in [2.75, 3.05) is 12.0 Å². The first-order chi connectivity index (χ1) is 16.6. The van der Waals surface area contributed by atoms with Crippen molar-refractivity contribution in [2.45, 2.75) is 32.5 Å². The minimum atomic E-state index is -0.0933. The number of hydrogen-bond donors (Lipinski definition) is 1. The third kappa shape index (κ3) is 3.94. The molecule has 2 atom stereocenters. The van der Waals surface area contributed by atoms with Crippen molar-refractivity contribution in [3.63, 3.8) is 0 Å². The predicted molar refractivity (Wildman–Crippen MR) is 140 cm³/mol. The number of anilines is 1. The SMILES string of the molecule is COc1ccccc1N1C(=S)NC(c2ccccn2)C1c1cc(C)n(Cc2ccccc2)c1C. The number of ether oxygens (including phenoxy) is 1. The molecule has 1 aliphatic rings. The van der Waals surface area contributed by atoms with E-state index in [0.29, 0.717) is 5.11 Å². The molecule has 2 aromatic carbocycles. The van der Waals surface area contributed by atoms with Crippen molar-refractivity contribution in [1.82, 2.24) is 14.9 Å². The van der Waals surface area contributed by atoms with Crippen molar-refractivity contribution in [2.24, 2.45) is 0 Å². The lowest BCUT2D eigenvalue weighted by Gasteiger charge is -2.29. The number of aromatic nitrogens is 2. The van der Waals surface area contributed by atoms with E-state index < -0.39 is 0 Å². The second kappa shape index (κ2) is 9.31. The van der Waals surface area contributed by atoms with Gasteiger partial charge in [-0.3, -0.25) is 4.98 Å². The van der Waals surface area contributed by atoms with Crippen molar-refractivity contribution in [3.05, 3.63) is 113 Å². The summed E-state index contributed by atoms with van der Waals surface area (Å²) in [5, 5.41) is 4.22. The Morgan fingerprint density at radius 2 is 1.71 bits per heavy atom. The third-order valence-corrected chi connectivity index (χ3v) is 6.87. The van der Waals surface area contributed by atoms with Crippen molar-refractivity contribution < 1.29 is 4.74 Å². The molecule has 5 rings (SSSR count). The van der Waals surface area contributed by atoms with E-state index in [2.05, 4.69) is 82.1 Å². The molecular formula is C28H28N4OS. The average molecular weight is 469 g/mol. The van der Waals surface area contributed by atoms with Crippen LogP contribution in [0.2, 0.25) is 0 Å². The largest absolute Gasteiger partial charge is 0.495 e. The van der Waals surface area contributed by atoms with Crippen LogP contribution in [0.5, 0.6) is 5.75 Å². The van der Waals surface area contributed by atoms with E-state index in [-0.39, 0.29) is 12.1 Å². The lowest BCUT2D eigenvalue weighted by Crippen LogP contribution is -2.30. The van der Waals surface area contributed by atoms with Crippen LogP contribution in [0.15, 0.2) is 85.1 Å². The number of aryl methyl sites for hydroxylation is 1. The number of para-hydroxylation sites is 2. The Kier molecular flexibility index (Phi) is 6.07. The Bertz CT molecular complexity index is 1300. The highest BCUT2D eigenvalue weighted by atomic mass is 32.1. The van der Waals surface area contributed by atoms with Crippen molar-refractivity contribution in [1.29, 1.82) is 0 Å². The summed E-state index contributed by atoms with van der Waals surface area (Å²) >= 11 is 5.90. The van der Waals surface area contributed by atoms with Gasteiger partial charge in [0.05, 0.1) is 30.6 Å². The minimum Gasteiger partial charge on any atom is -0.495 e. The van der Waals surface area contributed by atoms with Gasteiger partial charge in [-0.05, 0) is 67.5 Å². The van der Waals surface area contributed by atoms with Crippen LogP contribution < -0.4 is 15.0 Å². The third-order valence-electron chi connectivity index (χ3n) is 6.56. The summed E-state index contributed by atoms with van der Waals surface area (Å²) in [7, 11) is 1.70. The summed E-state index contributed by atoms with van der Waals surface area (Å²) in [5.74, 6) is 0.788. The first kappa shape index (κ1) is 22.2. The molecule has 1 fully saturated rings. The maximum Gasteiger partial charge on any atom is 0.174 e. The molecule has 0 aliphatic carbocycles. The van der Waals surface area contributed by atoms with Crippen molar-refractivity contribution in [3.8, 4) is 5.75 Å². The van der Waals surface area contributed by atoms with E-state index in [9.17, 15) is 0 Å². The van der Waals surface area contributed by atoms with Crippen LogP contribution in [-0.2, 0) is 6.54 Å². The Hall–Kier alpha value is -3.64. The number of benzene rings is 2. The number of rotatable bonds is 6. The predicted octanol–water partition coefficient (Wildman–Crippen LogP) is 5.73. The van der Waals surface area contributed by atoms with Crippen molar-refractivity contribution >= 4 is 23.0 Å². The van der Waals surface area contributed by atoms with Gasteiger partial charge < -0.3 is 19.5 Å².